The second kappa shape index (κ2) is 3.63. The fourth-order valence-electron chi connectivity index (χ4n) is 2.22. The standard InChI is InChI=1S/C13H14N2/c1-2-4-12-10(3-1)5-6-13(15-12)11-7-8-14-9-11/h1-6,11,14H,7-9H2. The van der Waals surface area contributed by atoms with Crippen molar-refractivity contribution >= 4 is 10.9 Å². The number of hydrogen-bond donors (Lipinski definition) is 1. The van der Waals surface area contributed by atoms with Crippen LogP contribution in [-0.2, 0) is 0 Å². The molecule has 0 spiro atoms. The van der Waals surface area contributed by atoms with Gasteiger partial charge in [-0.15, -0.1) is 0 Å². The van der Waals surface area contributed by atoms with Gasteiger partial charge in [-0.1, -0.05) is 24.3 Å². The number of rotatable bonds is 1. The second-order valence-electron chi connectivity index (χ2n) is 4.12. The molecule has 1 saturated heterocycles. The summed E-state index contributed by atoms with van der Waals surface area (Å²) >= 11 is 0. The lowest BCUT2D eigenvalue weighted by molar-refractivity contribution is 0.739. The zero-order chi connectivity index (χ0) is 10.1. The van der Waals surface area contributed by atoms with Crippen LogP contribution in [0.2, 0.25) is 0 Å². The number of fused-ring (bicyclic) bond motifs is 1. The maximum atomic E-state index is 4.72. The first-order valence-corrected chi connectivity index (χ1v) is 5.50. The third-order valence-electron chi connectivity index (χ3n) is 3.10. The van der Waals surface area contributed by atoms with Crippen LogP contribution >= 0.6 is 0 Å². The van der Waals surface area contributed by atoms with E-state index in [-0.39, 0.29) is 0 Å². The molecule has 2 heterocycles. The van der Waals surface area contributed by atoms with Crippen LogP contribution in [0, 0.1) is 0 Å². The molecular formula is C13H14N2. The van der Waals surface area contributed by atoms with Crippen molar-refractivity contribution in [3.05, 3.63) is 42.1 Å². The first-order chi connectivity index (χ1) is 7.43. The smallest absolute Gasteiger partial charge is 0.0705 e. The summed E-state index contributed by atoms with van der Waals surface area (Å²) < 4.78 is 0. The fourth-order valence-corrected chi connectivity index (χ4v) is 2.22. The lowest BCUT2D eigenvalue weighted by atomic mass is 10.0. The highest BCUT2D eigenvalue weighted by atomic mass is 14.9. The monoisotopic (exact) mass is 198 g/mol. The number of nitrogens with one attached hydrogen (secondary N) is 1. The lowest BCUT2D eigenvalue weighted by Crippen LogP contribution is -2.08. The zero-order valence-electron chi connectivity index (χ0n) is 8.61. The summed E-state index contributed by atoms with van der Waals surface area (Å²) in [5.74, 6) is 0.606. The van der Waals surface area contributed by atoms with Gasteiger partial charge in [-0.2, -0.15) is 0 Å². The van der Waals surface area contributed by atoms with Crippen LogP contribution in [0.25, 0.3) is 10.9 Å². The molecular weight excluding hydrogens is 184 g/mol. The number of aromatic nitrogens is 1. The van der Waals surface area contributed by atoms with Gasteiger partial charge in [0.2, 0.25) is 0 Å². The van der Waals surface area contributed by atoms with E-state index in [1.54, 1.807) is 0 Å². The van der Waals surface area contributed by atoms with E-state index in [2.05, 4.69) is 35.6 Å². The predicted octanol–water partition coefficient (Wildman–Crippen LogP) is 2.31. The minimum Gasteiger partial charge on any atom is -0.316 e. The average molecular weight is 198 g/mol. The van der Waals surface area contributed by atoms with Crippen LogP contribution in [0.1, 0.15) is 18.0 Å². The highest BCUT2D eigenvalue weighted by Gasteiger charge is 2.17. The van der Waals surface area contributed by atoms with E-state index in [1.807, 2.05) is 6.07 Å². The molecule has 15 heavy (non-hydrogen) atoms. The van der Waals surface area contributed by atoms with Crippen molar-refractivity contribution < 1.29 is 0 Å². The molecule has 1 atom stereocenters. The Morgan fingerprint density at radius 1 is 1.13 bits per heavy atom. The number of pyridine rings is 1. The Morgan fingerprint density at radius 3 is 2.93 bits per heavy atom. The minimum atomic E-state index is 0.606. The molecule has 2 heteroatoms. The Balaban J connectivity index is 2.05. The van der Waals surface area contributed by atoms with Crippen molar-refractivity contribution in [2.24, 2.45) is 0 Å². The number of para-hydroxylation sites is 1. The van der Waals surface area contributed by atoms with E-state index in [0.717, 1.165) is 18.6 Å². The van der Waals surface area contributed by atoms with Gasteiger partial charge in [0.1, 0.15) is 0 Å². The number of hydrogen-bond acceptors (Lipinski definition) is 2. The predicted molar refractivity (Wildman–Crippen MR) is 62.0 cm³/mol. The van der Waals surface area contributed by atoms with E-state index >= 15 is 0 Å². The summed E-state index contributed by atoms with van der Waals surface area (Å²) in [6.07, 6.45) is 1.21. The first-order valence-electron chi connectivity index (χ1n) is 5.50. The fraction of sp³-hybridized carbons (Fsp3) is 0.308. The Morgan fingerprint density at radius 2 is 2.07 bits per heavy atom. The lowest BCUT2D eigenvalue weighted by Gasteiger charge is -2.08. The molecule has 2 aromatic rings. The summed E-state index contributed by atoms with van der Waals surface area (Å²) in [4.78, 5) is 4.72. The summed E-state index contributed by atoms with van der Waals surface area (Å²) in [5.41, 5.74) is 2.35. The first kappa shape index (κ1) is 8.86. The molecule has 1 N–H and O–H groups in total. The molecule has 1 aliphatic heterocycles. The molecule has 1 aliphatic rings. The second-order valence-corrected chi connectivity index (χ2v) is 4.12. The average Bonchev–Trinajstić information content (AvgIpc) is 2.82. The Hall–Kier alpha value is -1.41. The van der Waals surface area contributed by atoms with Gasteiger partial charge < -0.3 is 5.32 Å². The summed E-state index contributed by atoms with van der Waals surface area (Å²) in [6.45, 7) is 2.20. The van der Waals surface area contributed by atoms with Crippen LogP contribution in [-0.4, -0.2) is 18.1 Å². The Bertz CT molecular complexity index is 473. The quantitative estimate of drug-likeness (QED) is 0.760. The third-order valence-corrected chi connectivity index (χ3v) is 3.10. The van der Waals surface area contributed by atoms with Crippen LogP contribution in [0.4, 0.5) is 0 Å². The van der Waals surface area contributed by atoms with Gasteiger partial charge in [0.25, 0.3) is 0 Å². The third kappa shape index (κ3) is 1.61. The molecule has 0 amide bonds. The van der Waals surface area contributed by atoms with E-state index < -0.39 is 0 Å². The van der Waals surface area contributed by atoms with E-state index in [9.17, 15) is 0 Å². The van der Waals surface area contributed by atoms with Gasteiger partial charge in [-0.25, -0.2) is 0 Å². The molecule has 1 aromatic heterocycles. The normalized spacial score (nSPS) is 20.9. The number of benzene rings is 1. The Labute approximate surface area is 89.3 Å². The highest BCUT2D eigenvalue weighted by molar-refractivity contribution is 5.78. The summed E-state index contributed by atoms with van der Waals surface area (Å²) in [6, 6.07) is 12.6. The molecule has 0 bridgehead atoms. The SMILES string of the molecule is c1ccc2nc(C3CCNC3)ccc2c1. The summed E-state index contributed by atoms with van der Waals surface area (Å²) in [7, 11) is 0. The molecule has 0 radical (unpaired) electrons. The Kier molecular flexibility index (Phi) is 2.14. The van der Waals surface area contributed by atoms with Gasteiger partial charge in [0.05, 0.1) is 5.52 Å². The van der Waals surface area contributed by atoms with Crippen molar-refractivity contribution in [2.75, 3.05) is 13.1 Å². The molecule has 1 fully saturated rings. The molecule has 2 nitrogen and oxygen atoms in total. The van der Waals surface area contributed by atoms with Crippen molar-refractivity contribution in [3.63, 3.8) is 0 Å². The molecule has 0 saturated carbocycles. The summed E-state index contributed by atoms with van der Waals surface area (Å²) in [5, 5.41) is 4.61. The molecule has 0 aliphatic carbocycles. The van der Waals surface area contributed by atoms with Crippen molar-refractivity contribution in [1.82, 2.24) is 10.3 Å². The molecule has 1 aromatic carbocycles. The van der Waals surface area contributed by atoms with Crippen molar-refractivity contribution in [3.8, 4) is 0 Å². The number of nitrogens with zero attached hydrogens (tertiary/aromatic N) is 1. The van der Waals surface area contributed by atoms with E-state index in [1.165, 1.54) is 17.5 Å². The molecule has 1 unspecified atom stereocenters. The highest BCUT2D eigenvalue weighted by Crippen LogP contribution is 2.22. The zero-order valence-corrected chi connectivity index (χ0v) is 8.61. The van der Waals surface area contributed by atoms with Crippen LogP contribution in [0.5, 0.6) is 0 Å². The van der Waals surface area contributed by atoms with Crippen LogP contribution in [0.3, 0.4) is 0 Å². The van der Waals surface area contributed by atoms with Gasteiger partial charge in [0, 0.05) is 23.5 Å². The minimum absolute atomic E-state index is 0.606. The maximum Gasteiger partial charge on any atom is 0.0705 e. The van der Waals surface area contributed by atoms with Crippen LogP contribution < -0.4 is 5.32 Å². The van der Waals surface area contributed by atoms with Gasteiger partial charge >= 0.3 is 0 Å². The van der Waals surface area contributed by atoms with Gasteiger partial charge in [-0.05, 0) is 25.1 Å². The van der Waals surface area contributed by atoms with Gasteiger partial charge in [0.15, 0.2) is 0 Å². The van der Waals surface area contributed by atoms with Crippen LogP contribution in [0.15, 0.2) is 36.4 Å². The molecule has 76 valence electrons. The maximum absolute atomic E-state index is 4.72. The molecule has 3 rings (SSSR count). The topological polar surface area (TPSA) is 24.9 Å². The van der Waals surface area contributed by atoms with E-state index in [4.69, 9.17) is 4.98 Å². The van der Waals surface area contributed by atoms with Crippen molar-refractivity contribution in [2.45, 2.75) is 12.3 Å². The largest absolute Gasteiger partial charge is 0.316 e. The van der Waals surface area contributed by atoms with E-state index in [0.29, 0.717) is 5.92 Å². The van der Waals surface area contributed by atoms with Gasteiger partial charge in [-0.3, -0.25) is 4.98 Å². The van der Waals surface area contributed by atoms with Crippen molar-refractivity contribution in [1.29, 1.82) is 0 Å².